The lowest BCUT2D eigenvalue weighted by Crippen LogP contribution is -2.01. The minimum absolute atomic E-state index is 0.0256. The van der Waals surface area contributed by atoms with E-state index in [9.17, 15) is 29.8 Å². The predicted molar refractivity (Wildman–Crippen MR) is 150 cm³/mol. The predicted octanol–water partition coefficient (Wildman–Crippen LogP) is 6.67. The van der Waals surface area contributed by atoms with Crippen molar-refractivity contribution in [2.24, 2.45) is 0 Å². The summed E-state index contributed by atoms with van der Waals surface area (Å²) in [5.41, 5.74) is 0.881. The van der Waals surface area contributed by atoms with Crippen LogP contribution in [0.15, 0.2) is 67.3 Å². The molecule has 0 saturated carbocycles. The minimum atomic E-state index is -0.466. The monoisotopic (exact) mass is 626 g/mol. The summed E-state index contributed by atoms with van der Waals surface area (Å²) in [4.78, 5) is 41.3. The van der Waals surface area contributed by atoms with E-state index in [1.165, 1.54) is 36.4 Å². The van der Waals surface area contributed by atoms with E-state index in [4.69, 9.17) is 4.74 Å². The molecule has 0 bridgehead atoms. The van der Waals surface area contributed by atoms with Gasteiger partial charge in [0.05, 0.1) is 23.1 Å². The van der Waals surface area contributed by atoms with Gasteiger partial charge < -0.3 is 9.47 Å². The highest BCUT2D eigenvalue weighted by Crippen LogP contribution is 2.13. The van der Waals surface area contributed by atoms with E-state index in [0.29, 0.717) is 18.8 Å². The summed E-state index contributed by atoms with van der Waals surface area (Å²) < 4.78 is 10.6. The van der Waals surface area contributed by atoms with Gasteiger partial charge >= 0.3 is 11.9 Å². The van der Waals surface area contributed by atoms with E-state index in [1.54, 1.807) is 30.3 Å². The van der Waals surface area contributed by atoms with Gasteiger partial charge in [0.1, 0.15) is 0 Å². The van der Waals surface area contributed by atoms with Crippen molar-refractivity contribution >= 4 is 52.0 Å². The second-order valence-corrected chi connectivity index (χ2v) is 8.41. The maximum atomic E-state index is 11.2. The van der Waals surface area contributed by atoms with Crippen LogP contribution in [-0.2, 0) is 19.1 Å². The number of esters is 2. The number of benzene rings is 2. The summed E-state index contributed by atoms with van der Waals surface area (Å²) in [6.07, 6.45) is 7.85. The third-order valence-electron chi connectivity index (χ3n) is 4.20. The number of unbranched alkanes of at least 4 members (excludes halogenated alkanes) is 2. The van der Waals surface area contributed by atoms with Crippen molar-refractivity contribution in [1.82, 2.24) is 0 Å². The SMILES string of the molecule is C=CC(=O)OCCCC.CCCCOC(=O)/C=C/c1ccc([N+](=O)[O-])cc1.O=[N+]([O-])c1ccc(I)cc1. The van der Waals surface area contributed by atoms with Crippen LogP contribution in [0.5, 0.6) is 0 Å². The molecule has 0 amide bonds. The summed E-state index contributed by atoms with van der Waals surface area (Å²) in [6, 6.07) is 12.3. The number of ether oxygens (including phenoxy) is 2. The Labute approximate surface area is 229 Å². The van der Waals surface area contributed by atoms with Crippen molar-refractivity contribution in [3.05, 3.63) is 96.6 Å². The number of carbonyl (C=O) groups is 2. The highest BCUT2D eigenvalue weighted by Gasteiger charge is 2.03. The molecule has 0 N–H and O–H groups in total. The molecule has 0 radical (unpaired) electrons. The van der Waals surface area contributed by atoms with E-state index in [-0.39, 0.29) is 17.3 Å². The number of nitrogens with zero attached hydrogens (tertiary/aromatic N) is 2. The van der Waals surface area contributed by atoms with Crippen molar-refractivity contribution in [2.75, 3.05) is 13.2 Å². The molecule has 0 unspecified atom stereocenters. The lowest BCUT2D eigenvalue weighted by atomic mass is 10.2. The molecule has 37 heavy (non-hydrogen) atoms. The highest BCUT2D eigenvalue weighted by atomic mass is 127. The first-order valence-electron chi connectivity index (χ1n) is 11.4. The van der Waals surface area contributed by atoms with Gasteiger partial charge in [-0.2, -0.15) is 0 Å². The van der Waals surface area contributed by atoms with Crippen molar-refractivity contribution < 1.29 is 28.9 Å². The summed E-state index contributed by atoms with van der Waals surface area (Å²) in [7, 11) is 0. The molecule has 0 aliphatic heterocycles. The number of halogens is 1. The van der Waals surface area contributed by atoms with Gasteiger partial charge in [-0.15, -0.1) is 0 Å². The molecular formula is C26H31IN2O8. The maximum absolute atomic E-state index is 11.2. The van der Waals surface area contributed by atoms with Gasteiger partial charge in [0, 0.05) is 40.0 Å². The normalized spacial score (nSPS) is 9.70. The number of nitro groups is 2. The molecule has 2 aromatic carbocycles. The standard InChI is InChI=1S/C13H15NO4.C7H12O2.C6H4INO2/c1-2-3-10-18-13(15)9-6-11-4-7-12(8-5-11)14(16)17;1-3-5-6-9-7(8)4-2;7-5-1-3-6(4-2-5)8(9)10/h4-9H,2-3,10H2,1H3;4H,2-3,5-6H2,1H3;1-4H/b9-6+;;. The Morgan fingerprint density at radius 2 is 1.27 bits per heavy atom. The molecule has 0 aromatic heterocycles. The van der Waals surface area contributed by atoms with E-state index >= 15 is 0 Å². The molecule has 10 nitrogen and oxygen atoms in total. The average molecular weight is 626 g/mol. The average Bonchev–Trinajstić information content (AvgIpc) is 2.89. The Bertz CT molecular complexity index is 1020. The molecular weight excluding hydrogens is 595 g/mol. The van der Waals surface area contributed by atoms with Gasteiger partial charge in [0.15, 0.2) is 0 Å². The van der Waals surface area contributed by atoms with E-state index < -0.39 is 15.8 Å². The van der Waals surface area contributed by atoms with Crippen LogP contribution in [0.25, 0.3) is 6.08 Å². The zero-order valence-electron chi connectivity index (χ0n) is 20.8. The van der Waals surface area contributed by atoms with Crippen LogP contribution in [0, 0.1) is 23.8 Å². The van der Waals surface area contributed by atoms with Gasteiger partial charge in [0.25, 0.3) is 11.4 Å². The number of hydrogen-bond acceptors (Lipinski definition) is 8. The second kappa shape index (κ2) is 20.6. The molecule has 0 saturated heterocycles. The fourth-order valence-electron chi connectivity index (χ4n) is 2.18. The Hall–Kier alpha value is -3.61. The van der Waals surface area contributed by atoms with Gasteiger partial charge in [-0.05, 0) is 71.3 Å². The third-order valence-corrected chi connectivity index (χ3v) is 4.92. The molecule has 0 aliphatic rings. The molecule has 0 heterocycles. The fourth-order valence-corrected chi connectivity index (χ4v) is 2.54. The van der Waals surface area contributed by atoms with E-state index in [2.05, 4.69) is 33.9 Å². The van der Waals surface area contributed by atoms with Crippen molar-refractivity contribution in [3.63, 3.8) is 0 Å². The van der Waals surface area contributed by atoms with Crippen molar-refractivity contribution in [1.29, 1.82) is 0 Å². The molecule has 2 aromatic rings. The van der Waals surface area contributed by atoms with Crippen LogP contribution in [0.3, 0.4) is 0 Å². The molecule has 0 fully saturated rings. The first-order valence-corrected chi connectivity index (χ1v) is 12.5. The first-order chi connectivity index (χ1) is 17.6. The lowest BCUT2D eigenvalue weighted by molar-refractivity contribution is -0.385. The zero-order chi connectivity index (χ0) is 28.1. The smallest absolute Gasteiger partial charge is 0.330 e. The summed E-state index contributed by atoms with van der Waals surface area (Å²) in [6.45, 7) is 8.25. The number of hydrogen-bond donors (Lipinski definition) is 0. The summed E-state index contributed by atoms with van der Waals surface area (Å²) in [5.74, 6) is -0.731. The molecule has 0 aliphatic carbocycles. The summed E-state index contributed by atoms with van der Waals surface area (Å²) in [5, 5.41) is 20.6. The Kier molecular flexibility index (Phi) is 18.6. The quantitative estimate of drug-likeness (QED) is 0.0674. The Balaban J connectivity index is 0.000000577. The summed E-state index contributed by atoms with van der Waals surface area (Å²) >= 11 is 2.10. The minimum Gasteiger partial charge on any atom is -0.463 e. The van der Waals surface area contributed by atoms with Gasteiger partial charge in [0.2, 0.25) is 0 Å². The number of rotatable bonds is 11. The van der Waals surface area contributed by atoms with Crippen LogP contribution < -0.4 is 0 Å². The van der Waals surface area contributed by atoms with Crippen molar-refractivity contribution in [3.8, 4) is 0 Å². The highest BCUT2D eigenvalue weighted by molar-refractivity contribution is 14.1. The molecule has 11 heteroatoms. The Morgan fingerprint density at radius 1 is 0.838 bits per heavy atom. The topological polar surface area (TPSA) is 139 Å². The third kappa shape index (κ3) is 17.5. The fraction of sp³-hybridized carbons (Fsp3) is 0.308. The van der Waals surface area contributed by atoms with Crippen LogP contribution in [-0.4, -0.2) is 35.0 Å². The number of carbonyl (C=O) groups excluding carboxylic acids is 2. The lowest BCUT2D eigenvalue weighted by Gasteiger charge is -1.99. The zero-order valence-corrected chi connectivity index (χ0v) is 23.0. The number of nitro benzene ring substituents is 2. The van der Waals surface area contributed by atoms with Crippen LogP contribution in [0.4, 0.5) is 11.4 Å². The van der Waals surface area contributed by atoms with E-state index in [0.717, 1.165) is 29.3 Å². The van der Waals surface area contributed by atoms with Crippen molar-refractivity contribution in [2.45, 2.75) is 39.5 Å². The maximum Gasteiger partial charge on any atom is 0.330 e. The second-order valence-electron chi connectivity index (χ2n) is 7.16. The molecule has 0 atom stereocenters. The van der Waals surface area contributed by atoms with Gasteiger partial charge in [-0.1, -0.05) is 33.3 Å². The van der Waals surface area contributed by atoms with E-state index in [1.807, 2.05) is 13.8 Å². The molecule has 200 valence electrons. The van der Waals surface area contributed by atoms with Gasteiger partial charge in [-0.3, -0.25) is 20.2 Å². The first kappa shape index (κ1) is 33.4. The molecule has 0 spiro atoms. The van der Waals surface area contributed by atoms with Crippen LogP contribution in [0.2, 0.25) is 0 Å². The Morgan fingerprint density at radius 3 is 1.68 bits per heavy atom. The number of non-ortho nitro benzene ring substituents is 2. The van der Waals surface area contributed by atoms with Gasteiger partial charge in [-0.25, -0.2) is 9.59 Å². The van der Waals surface area contributed by atoms with Crippen LogP contribution >= 0.6 is 22.6 Å². The van der Waals surface area contributed by atoms with Crippen LogP contribution in [0.1, 0.15) is 45.1 Å². The largest absolute Gasteiger partial charge is 0.463 e. The molecule has 2 rings (SSSR count).